The smallest absolute Gasteiger partial charge is 0.129 e. The van der Waals surface area contributed by atoms with E-state index in [1.54, 1.807) is 0 Å². The molecule has 0 aliphatic heterocycles. The molecule has 0 fully saturated rings. The molecule has 0 saturated carbocycles. The van der Waals surface area contributed by atoms with Crippen molar-refractivity contribution in [3.63, 3.8) is 0 Å². The molecule has 1 aromatic carbocycles. The lowest BCUT2D eigenvalue weighted by molar-refractivity contribution is 0.556. The first-order chi connectivity index (χ1) is 5.75. The van der Waals surface area contributed by atoms with Crippen molar-refractivity contribution in [3.05, 3.63) is 45.8 Å². The van der Waals surface area contributed by atoms with E-state index >= 15 is 0 Å². The van der Waals surface area contributed by atoms with Gasteiger partial charge in [-0.25, -0.2) is 8.78 Å². The largest absolute Gasteiger partial charge is 0.207 e. The second-order valence-corrected chi connectivity index (χ2v) is 2.09. The van der Waals surface area contributed by atoms with Crippen LogP contribution in [-0.4, -0.2) is 0 Å². The first-order valence-corrected chi connectivity index (χ1v) is 3.19. The molecule has 13 heavy (non-hydrogen) atoms. The lowest BCUT2D eigenvalue weighted by Gasteiger charge is -1.98. The van der Waals surface area contributed by atoms with Crippen LogP contribution in [0.25, 0.3) is 10.4 Å². The summed E-state index contributed by atoms with van der Waals surface area (Å²) in [5.74, 6) is -1.38. The lowest BCUT2D eigenvalue weighted by atomic mass is 10.2. The van der Waals surface area contributed by atoms with E-state index < -0.39 is 11.6 Å². The third-order valence-electron chi connectivity index (χ3n) is 1.35. The van der Waals surface area contributed by atoms with Crippen molar-refractivity contribution in [3.8, 4) is 0 Å². The Morgan fingerprint density at radius 2 is 1.85 bits per heavy atom. The highest BCUT2D eigenvalue weighted by Gasteiger charge is 2.05. The molecule has 5 heteroatoms. The van der Waals surface area contributed by atoms with Gasteiger partial charge in [-0.1, -0.05) is 18.6 Å². The number of rotatable bonds is 2. The van der Waals surface area contributed by atoms with Crippen molar-refractivity contribution >= 4 is 0 Å². The van der Waals surface area contributed by atoms with Gasteiger partial charge in [-0.15, -0.1) is 0 Å². The summed E-state index contributed by atoms with van der Waals surface area (Å²) in [6, 6.07) is 3.49. The van der Waals surface area contributed by atoms with Crippen LogP contribution in [0.4, 0.5) is 8.78 Å². The summed E-state index contributed by atoms with van der Waals surface area (Å²) in [7, 11) is 0. The minimum atomic E-state index is -0.692. The number of halogens is 2. The van der Waals surface area contributed by atoms with Gasteiger partial charge in [0.1, 0.15) is 11.6 Å². The van der Waals surface area contributed by atoms with Crippen LogP contribution in [0, 0.1) is 11.6 Å². The lowest BCUT2D eigenvalue weighted by Crippen LogP contribution is -1.92. The molecule has 0 bridgehead atoms. The molecule has 3 nitrogen and oxygen atoms in total. The molecule has 0 unspecified atom stereocenters. The van der Waals surface area contributed by atoms with Crippen molar-refractivity contribution in [2.24, 2.45) is 5.11 Å². The number of hydrogen-bond donors (Lipinski definition) is 0. The predicted molar refractivity (Wildman–Crippen MR) is 45.9 cm³/mol. The maximum Gasteiger partial charge on any atom is 0.129 e. The Balaban J connectivity index is 0.00000144. The van der Waals surface area contributed by atoms with E-state index in [9.17, 15) is 8.78 Å². The molecular weight excluding hydrogens is 176 g/mol. The molecule has 0 aliphatic carbocycles. The minimum absolute atomic E-state index is 0. The van der Waals surface area contributed by atoms with Gasteiger partial charge in [0.25, 0.3) is 0 Å². The standard InChI is InChI=1S/C7H5F2N3.CH4/c8-6-2-1-3-7(9)5(6)4-11-12-10;/h1-3H,4H2;1H4. The molecule has 0 atom stereocenters. The number of azide groups is 1. The van der Waals surface area contributed by atoms with Gasteiger partial charge in [0.2, 0.25) is 0 Å². The number of hydrogen-bond acceptors (Lipinski definition) is 1. The molecule has 0 radical (unpaired) electrons. The zero-order valence-electron chi connectivity index (χ0n) is 6.04. The topological polar surface area (TPSA) is 48.8 Å². The minimum Gasteiger partial charge on any atom is -0.207 e. The Morgan fingerprint density at radius 1 is 1.31 bits per heavy atom. The quantitative estimate of drug-likeness (QED) is 0.385. The molecule has 0 saturated heterocycles. The van der Waals surface area contributed by atoms with Gasteiger partial charge >= 0.3 is 0 Å². The van der Waals surface area contributed by atoms with E-state index in [1.807, 2.05) is 0 Å². The average molecular weight is 185 g/mol. The van der Waals surface area contributed by atoms with Crippen molar-refractivity contribution in [1.29, 1.82) is 0 Å². The highest BCUT2D eigenvalue weighted by atomic mass is 19.1. The van der Waals surface area contributed by atoms with Gasteiger partial charge in [0.15, 0.2) is 0 Å². The highest BCUT2D eigenvalue weighted by Crippen LogP contribution is 2.12. The van der Waals surface area contributed by atoms with E-state index in [0.717, 1.165) is 12.1 Å². The average Bonchev–Trinajstić information content (AvgIpc) is 2.04. The molecule has 0 N–H and O–H groups in total. The Morgan fingerprint density at radius 3 is 2.31 bits per heavy atom. The van der Waals surface area contributed by atoms with E-state index in [0.29, 0.717) is 0 Å². The fourth-order valence-electron chi connectivity index (χ4n) is 0.786. The van der Waals surface area contributed by atoms with Gasteiger partial charge in [-0.3, -0.25) is 0 Å². The zero-order chi connectivity index (χ0) is 8.97. The Hall–Kier alpha value is -1.61. The fourth-order valence-corrected chi connectivity index (χ4v) is 0.786. The molecule has 0 aliphatic rings. The Kier molecular flexibility index (Phi) is 4.48. The zero-order valence-corrected chi connectivity index (χ0v) is 6.04. The van der Waals surface area contributed by atoms with Gasteiger partial charge in [0.05, 0.1) is 6.54 Å². The Labute approximate surface area is 74.6 Å². The molecule has 0 aromatic heterocycles. The van der Waals surface area contributed by atoms with Crippen LogP contribution in [-0.2, 0) is 6.54 Å². The van der Waals surface area contributed by atoms with E-state index in [1.165, 1.54) is 6.07 Å². The van der Waals surface area contributed by atoms with Crippen LogP contribution in [0.3, 0.4) is 0 Å². The van der Waals surface area contributed by atoms with Crippen LogP contribution >= 0.6 is 0 Å². The summed E-state index contributed by atoms with van der Waals surface area (Å²) in [5, 5.41) is 3.06. The van der Waals surface area contributed by atoms with Crippen molar-refractivity contribution in [2.75, 3.05) is 0 Å². The van der Waals surface area contributed by atoms with Crippen molar-refractivity contribution < 1.29 is 8.78 Å². The second-order valence-electron chi connectivity index (χ2n) is 2.09. The summed E-state index contributed by atoms with van der Waals surface area (Å²) < 4.78 is 25.5. The summed E-state index contributed by atoms with van der Waals surface area (Å²) >= 11 is 0. The SMILES string of the molecule is C.[N-]=[N+]=NCc1c(F)cccc1F. The predicted octanol–water partition coefficient (Wildman–Crippen LogP) is 3.41. The van der Waals surface area contributed by atoms with Gasteiger partial charge in [-0.2, -0.15) is 0 Å². The number of benzene rings is 1. The van der Waals surface area contributed by atoms with Gasteiger partial charge in [0, 0.05) is 10.5 Å². The van der Waals surface area contributed by atoms with E-state index in [-0.39, 0.29) is 19.5 Å². The molecule has 0 spiro atoms. The monoisotopic (exact) mass is 185 g/mol. The fraction of sp³-hybridized carbons (Fsp3) is 0.250. The molecular formula is C8H9F2N3. The molecule has 70 valence electrons. The van der Waals surface area contributed by atoms with E-state index in [2.05, 4.69) is 10.0 Å². The third-order valence-corrected chi connectivity index (χ3v) is 1.35. The van der Waals surface area contributed by atoms with Crippen LogP contribution < -0.4 is 0 Å². The van der Waals surface area contributed by atoms with Crippen molar-refractivity contribution in [1.82, 2.24) is 0 Å². The van der Waals surface area contributed by atoms with Crippen LogP contribution in [0.5, 0.6) is 0 Å². The first kappa shape index (κ1) is 11.4. The van der Waals surface area contributed by atoms with E-state index in [4.69, 9.17) is 5.53 Å². The highest BCUT2D eigenvalue weighted by molar-refractivity contribution is 5.19. The number of nitrogens with zero attached hydrogens (tertiary/aromatic N) is 3. The maximum absolute atomic E-state index is 12.8. The molecule has 1 rings (SSSR count). The second kappa shape index (κ2) is 5.11. The molecule has 0 amide bonds. The normalized spacial score (nSPS) is 8.46. The summed E-state index contributed by atoms with van der Waals surface area (Å²) in [5.41, 5.74) is 7.72. The van der Waals surface area contributed by atoms with Crippen molar-refractivity contribution in [2.45, 2.75) is 14.0 Å². The van der Waals surface area contributed by atoms with Crippen LogP contribution in [0.1, 0.15) is 13.0 Å². The summed E-state index contributed by atoms with van der Waals surface area (Å²) in [6.07, 6.45) is 0. The molecule has 1 aromatic rings. The third kappa shape index (κ3) is 2.72. The Bertz CT molecular complexity index is 312. The van der Waals surface area contributed by atoms with Crippen LogP contribution in [0.2, 0.25) is 0 Å². The molecule has 0 heterocycles. The first-order valence-electron chi connectivity index (χ1n) is 3.19. The van der Waals surface area contributed by atoms with Gasteiger partial charge < -0.3 is 0 Å². The maximum atomic E-state index is 12.8. The van der Waals surface area contributed by atoms with Gasteiger partial charge in [-0.05, 0) is 17.7 Å². The summed E-state index contributed by atoms with van der Waals surface area (Å²) in [6.45, 7) is -0.297. The summed E-state index contributed by atoms with van der Waals surface area (Å²) in [4.78, 5) is 2.40. The van der Waals surface area contributed by atoms with Crippen LogP contribution in [0.15, 0.2) is 23.3 Å².